The van der Waals surface area contributed by atoms with Gasteiger partial charge in [0.25, 0.3) is 5.91 Å². The minimum absolute atomic E-state index is 0.150. The number of amides is 2. The molecule has 2 aromatic rings. The molecule has 6 nitrogen and oxygen atoms in total. The first-order valence-electron chi connectivity index (χ1n) is 6.77. The van der Waals surface area contributed by atoms with Crippen molar-refractivity contribution >= 4 is 22.8 Å². The quantitative estimate of drug-likeness (QED) is 0.906. The van der Waals surface area contributed by atoms with Crippen molar-refractivity contribution in [2.75, 3.05) is 20.2 Å². The van der Waals surface area contributed by atoms with Gasteiger partial charge in [-0.1, -0.05) is 12.1 Å². The molecule has 1 aliphatic heterocycles. The lowest BCUT2D eigenvalue weighted by Crippen LogP contribution is -2.55. The van der Waals surface area contributed by atoms with Crippen molar-refractivity contribution in [3.63, 3.8) is 0 Å². The lowest BCUT2D eigenvalue weighted by atomic mass is 10.2. The first-order chi connectivity index (χ1) is 10.1. The van der Waals surface area contributed by atoms with Crippen LogP contribution >= 0.6 is 0 Å². The molecule has 1 aromatic heterocycles. The number of methoxy groups -OCH3 is 1. The number of carbonyl (C=O) groups excluding carboxylic acids is 2. The third-order valence-electron chi connectivity index (χ3n) is 3.70. The van der Waals surface area contributed by atoms with E-state index in [1.165, 1.54) is 4.90 Å². The van der Waals surface area contributed by atoms with E-state index in [2.05, 4.69) is 5.32 Å². The highest BCUT2D eigenvalue weighted by atomic mass is 16.5. The molecular formula is C15H16N2O4. The summed E-state index contributed by atoms with van der Waals surface area (Å²) in [5, 5.41) is 3.53. The molecule has 1 fully saturated rings. The fraction of sp³-hybridized carbons (Fsp3) is 0.333. The zero-order valence-electron chi connectivity index (χ0n) is 11.9. The van der Waals surface area contributed by atoms with Gasteiger partial charge in [-0.25, -0.2) is 0 Å². The predicted octanol–water partition coefficient (Wildman–Crippen LogP) is 1.40. The van der Waals surface area contributed by atoms with Crippen LogP contribution < -0.4 is 10.1 Å². The molecule has 1 aliphatic rings. The molecule has 6 heteroatoms. The predicted molar refractivity (Wildman–Crippen MR) is 76.3 cm³/mol. The van der Waals surface area contributed by atoms with Crippen molar-refractivity contribution in [3.05, 3.63) is 30.0 Å². The summed E-state index contributed by atoms with van der Waals surface area (Å²) in [6.45, 7) is 2.63. The van der Waals surface area contributed by atoms with Crippen LogP contribution in [0.25, 0.3) is 11.0 Å². The van der Waals surface area contributed by atoms with Crippen LogP contribution in [0.4, 0.5) is 0 Å². The number of nitrogens with one attached hydrogen (secondary N) is 1. The van der Waals surface area contributed by atoms with Gasteiger partial charge in [0.05, 0.1) is 7.11 Å². The van der Waals surface area contributed by atoms with E-state index in [1.54, 1.807) is 26.2 Å². The summed E-state index contributed by atoms with van der Waals surface area (Å²) in [4.78, 5) is 25.7. The second kappa shape index (κ2) is 5.12. The summed E-state index contributed by atoms with van der Waals surface area (Å²) in [5.41, 5.74) is 0.539. The van der Waals surface area contributed by atoms with Crippen molar-refractivity contribution in [2.45, 2.75) is 13.0 Å². The van der Waals surface area contributed by atoms with Crippen LogP contribution in [0.2, 0.25) is 0 Å². The van der Waals surface area contributed by atoms with Gasteiger partial charge >= 0.3 is 0 Å². The Hall–Kier alpha value is -2.50. The topological polar surface area (TPSA) is 71.8 Å². The van der Waals surface area contributed by atoms with Crippen molar-refractivity contribution < 1.29 is 18.7 Å². The van der Waals surface area contributed by atoms with Gasteiger partial charge < -0.3 is 19.4 Å². The lowest BCUT2D eigenvalue weighted by molar-refractivity contribution is -0.127. The fourth-order valence-corrected chi connectivity index (χ4v) is 2.50. The molecule has 0 saturated carbocycles. The van der Waals surface area contributed by atoms with Crippen molar-refractivity contribution in [3.8, 4) is 5.75 Å². The number of fused-ring (bicyclic) bond motifs is 1. The third-order valence-corrected chi connectivity index (χ3v) is 3.70. The zero-order valence-corrected chi connectivity index (χ0v) is 11.9. The monoisotopic (exact) mass is 288 g/mol. The molecule has 0 unspecified atom stereocenters. The molecule has 110 valence electrons. The summed E-state index contributed by atoms with van der Waals surface area (Å²) >= 11 is 0. The second-order valence-corrected chi connectivity index (χ2v) is 4.95. The highest BCUT2D eigenvalue weighted by Crippen LogP contribution is 2.29. The number of piperazine rings is 1. The minimum atomic E-state index is -0.499. The highest BCUT2D eigenvalue weighted by Gasteiger charge is 2.31. The fourth-order valence-electron chi connectivity index (χ4n) is 2.50. The van der Waals surface area contributed by atoms with Gasteiger partial charge in [0, 0.05) is 18.5 Å². The Labute approximate surface area is 121 Å². The molecule has 0 spiro atoms. The van der Waals surface area contributed by atoms with E-state index < -0.39 is 6.04 Å². The van der Waals surface area contributed by atoms with Gasteiger partial charge in [0.2, 0.25) is 5.91 Å². The van der Waals surface area contributed by atoms with Crippen molar-refractivity contribution in [1.82, 2.24) is 10.2 Å². The van der Waals surface area contributed by atoms with Crippen LogP contribution in [-0.2, 0) is 4.79 Å². The summed E-state index contributed by atoms with van der Waals surface area (Å²) in [6.07, 6.45) is 0. The second-order valence-electron chi connectivity index (χ2n) is 4.95. The Morgan fingerprint density at radius 2 is 2.29 bits per heavy atom. The van der Waals surface area contributed by atoms with E-state index in [1.807, 2.05) is 12.1 Å². The minimum Gasteiger partial charge on any atom is -0.493 e. The third kappa shape index (κ3) is 2.22. The first-order valence-corrected chi connectivity index (χ1v) is 6.77. The number of hydrogen-bond acceptors (Lipinski definition) is 4. The molecular weight excluding hydrogens is 272 g/mol. The Morgan fingerprint density at radius 1 is 1.48 bits per heavy atom. The average Bonchev–Trinajstić information content (AvgIpc) is 2.93. The number of furan rings is 1. The Balaban J connectivity index is 1.96. The van der Waals surface area contributed by atoms with E-state index in [0.717, 1.165) is 5.39 Å². The molecule has 21 heavy (non-hydrogen) atoms. The van der Waals surface area contributed by atoms with E-state index in [0.29, 0.717) is 24.4 Å². The maximum Gasteiger partial charge on any atom is 0.290 e. The number of para-hydroxylation sites is 1. The largest absolute Gasteiger partial charge is 0.493 e. The van der Waals surface area contributed by atoms with Crippen molar-refractivity contribution in [1.29, 1.82) is 0 Å². The molecule has 0 aliphatic carbocycles. The van der Waals surface area contributed by atoms with Crippen LogP contribution in [-0.4, -0.2) is 43.0 Å². The van der Waals surface area contributed by atoms with E-state index in [9.17, 15) is 9.59 Å². The zero-order chi connectivity index (χ0) is 15.0. The standard InChI is InChI=1S/C15H16N2O4/c1-9-14(18)16-6-7-17(9)15(19)12-8-10-4-3-5-11(20-2)13(10)21-12/h3-5,8-9H,6-7H2,1-2H3,(H,16,18)/t9-/m1/s1. The molecule has 1 aromatic carbocycles. The summed E-state index contributed by atoms with van der Waals surface area (Å²) in [5.74, 6) is 0.367. The van der Waals surface area contributed by atoms with E-state index in [4.69, 9.17) is 9.15 Å². The molecule has 0 radical (unpaired) electrons. The lowest BCUT2D eigenvalue weighted by Gasteiger charge is -2.32. The normalized spacial score (nSPS) is 18.7. The molecule has 1 N–H and O–H groups in total. The first kappa shape index (κ1) is 13.5. The van der Waals surface area contributed by atoms with Crippen LogP contribution in [0.1, 0.15) is 17.5 Å². The summed E-state index contributed by atoms with van der Waals surface area (Å²) in [6, 6.07) is 6.64. The average molecular weight is 288 g/mol. The Bertz CT molecular complexity index is 707. The van der Waals surface area contributed by atoms with Crippen LogP contribution in [0.15, 0.2) is 28.7 Å². The van der Waals surface area contributed by atoms with Gasteiger partial charge in [-0.05, 0) is 19.1 Å². The summed E-state index contributed by atoms with van der Waals surface area (Å²) < 4.78 is 10.9. The molecule has 0 bridgehead atoms. The van der Waals surface area contributed by atoms with Crippen LogP contribution in [0.3, 0.4) is 0 Å². The maximum absolute atomic E-state index is 12.5. The molecule has 2 amide bonds. The number of rotatable bonds is 2. The number of carbonyl (C=O) groups is 2. The Morgan fingerprint density at radius 3 is 3.05 bits per heavy atom. The number of benzene rings is 1. The van der Waals surface area contributed by atoms with Gasteiger partial charge in [-0.15, -0.1) is 0 Å². The molecule has 3 rings (SSSR count). The highest BCUT2D eigenvalue weighted by molar-refractivity contribution is 5.99. The van der Waals surface area contributed by atoms with Gasteiger partial charge in [0.15, 0.2) is 17.1 Å². The SMILES string of the molecule is COc1cccc2cc(C(=O)N3CCNC(=O)[C@H]3C)oc12. The molecule has 1 atom stereocenters. The van der Waals surface area contributed by atoms with E-state index >= 15 is 0 Å². The number of ether oxygens (including phenoxy) is 1. The summed E-state index contributed by atoms with van der Waals surface area (Å²) in [7, 11) is 1.55. The van der Waals surface area contributed by atoms with Crippen LogP contribution in [0.5, 0.6) is 5.75 Å². The van der Waals surface area contributed by atoms with E-state index in [-0.39, 0.29) is 17.6 Å². The van der Waals surface area contributed by atoms with Gasteiger partial charge in [-0.2, -0.15) is 0 Å². The van der Waals surface area contributed by atoms with Crippen LogP contribution in [0, 0.1) is 0 Å². The van der Waals surface area contributed by atoms with Crippen molar-refractivity contribution in [2.24, 2.45) is 0 Å². The smallest absolute Gasteiger partial charge is 0.290 e. The van der Waals surface area contributed by atoms with Gasteiger partial charge in [-0.3, -0.25) is 9.59 Å². The molecule has 1 saturated heterocycles. The molecule has 2 heterocycles. The maximum atomic E-state index is 12.5. The number of hydrogen-bond donors (Lipinski definition) is 1. The Kier molecular flexibility index (Phi) is 3.29. The number of nitrogens with zero attached hydrogens (tertiary/aromatic N) is 1. The van der Waals surface area contributed by atoms with Gasteiger partial charge in [0.1, 0.15) is 6.04 Å².